The van der Waals surface area contributed by atoms with Gasteiger partial charge in [-0.1, -0.05) is 18.2 Å². The number of hydrogen-bond acceptors (Lipinski definition) is 3. The van der Waals surface area contributed by atoms with Crippen LogP contribution in [0, 0.1) is 11.7 Å². The smallest absolute Gasteiger partial charge is 0.267 e. The number of H-pyrrole nitrogens is 1. The van der Waals surface area contributed by atoms with E-state index in [1.807, 2.05) is 18.3 Å². The first-order valence-electron chi connectivity index (χ1n) is 11.4. The average Bonchev–Trinajstić information content (AvgIpc) is 3.39. The number of nitrogens with zero attached hydrogens (tertiary/aromatic N) is 1. The molecule has 0 spiro atoms. The molecule has 1 amide bonds. The maximum absolute atomic E-state index is 13.5. The summed E-state index contributed by atoms with van der Waals surface area (Å²) in [5.41, 5.74) is 7.40. The van der Waals surface area contributed by atoms with Crippen LogP contribution in [0.4, 0.5) is 4.39 Å². The van der Waals surface area contributed by atoms with Crippen molar-refractivity contribution in [2.75, 3.05) is 13.1 Å². The second kappa shape index (κ2) is 8.88. The third-order valence-corrected chi connectivity index (χ3v) is 6.78. The number of amides is 1. The number of aromatic nitrogens is 1. The Bertz CT molecular complexity index is 1170. The fourth-order valence-electron chi connectivity index (χ4n) is 4.94. The van der Waals surface area contributed by atoms with Gasteiger partial charge in [0.2, 0.25) is 0 Å². The number of hydrogen-bond donors (Lipinski definition) is 3. The van der Waals surface area contributed by atoms with E-state index in [2.05, 4.69) is 22.0 Å². The summed E-state index contributed by atoms with van der Waals surface area (Å²) in [4.78, 5) is 17.1. The monoisotopic (exact) mass is 433 g/mol. The zero-order valence-electron chi connectivity index (χ0n) is 18.0. The topological polar surface area (TPSA) is 68.4 Å². The summed E-state index contributed by atoms with van der Waals surface area (Å²) in [7, 11) is 0. The molecular formula is C26H28FN3O2. The lowest BCUT2D eigenvalue weighted by Gasteiger charge is -2.30. The molecular weight excluding hydrogens is 405 g/mol. The van der Waals surface area contributed by atoms with Crippen LogP contribution in [0.3, 0.4) is 0 Å². The Labute approximate surface area is 186 Å². The number of aryl methyl sites for hydroxylation is 1. The Morgan fingerprint density at radius 1 is 1.22 bits per heavy atom. The minimum atomic E-state index is -0.529. The molecule has 1 fully saturated rings. The Balaban J connectivity index is 1.33. The SMILES string of the molecule is O=C(C=Cc1ccc2c(c1)CCC2N(CCc1c[nH]c2cc(F)ccc12)CC1CC1)NO. The van der Waals surface area contributed by atoms with Gasteiger partial charge >= 0.3 is 0 Å². The second-order valence-corrected chi connectivity index (χ2v) is 9.01. The molecule has 5 nitrogen and oxygen atoms in total. The van der Waals surface area contributed by atoms with E-state index in [0.717, 1.165) is 54.7 Å². The van der Waals surface area contributed by atoms with Crippen molar-refractivity contribution in [2.45, 2.75) is 38.1 Å². The van der Waals surface area contributed by atoms with Crippen LogP contribution in [-0.2, 0) is 17.6 Å². The van der Waals surface area contributed by atoms with Crippen LogP contribution in [-0.4, -0.2) is 34.1 Å². The van der Waals surface area contributed by atoms with Crippen molar-refractivity contribution in [1.29, 1.82) is 0 Å². The van der Waals surface area contributed by atoms with E-state index in [1.165, 1.54) is 41.7 Å². The second-order valence-electron chi connectivity index (χ2n) is 9.01. The molecule has 1 aromatic heterocycles. The molecule has 0 saturated heterocycles. The summed E-state index contributed by atoms with van der Waals surface area (Å²) < 4.78 is 13.5. The first-order chi connectivity index (χ1) is 15.6. The van der Waals surface area contributed by atoms with Gasteiger partial charge in [0, 0.05) is 42.3 Å². The molecule has 5 rings (SSSR count). The minimum Gasteiger partial charge on any atom is -0.361 e. The molecule has 1 heterocycles. The van der Waals surface area contributed by atoms with E-state index in [9.17, 15) is 9.18 Å². The molecule has 3 aromatic rings. The van der Waals surface area contributed by atoms with E-state index in [-0.39, 0.29) is 5.82 Å². The van der Waals surface area contributed by atoms with Crippen LogP contribution in [0.5, 0.6) is 0 Å². The predicted octanol–water partition coefficient (Wildman–Crippen LogP) is 4.77. The molecule has 2 aliphatic carbocycles. The number of nitrogens with one attached hydrogen (secondary N) is 2. The Morgan fingerprint density at radius 3 is 2.91 bits per heavy atom. The molecule has 0 aliphatic heterocycles. The maximum atomic E-state index is 13.5. The van der Waals surface area contributed by atoms with Crippen molar-refractivity contribution >= 4 is 22.9 Å². The zero-order chi connectivity index (χ0) is 22.1. The van der Waals surface area contributed by atoms with E-state index in [4.69, 9.17) is 5.21 Å². The fraction of sp³-hybridized carbons (Fsp3) is 0.346. The predicted molar refractivity (Wildman–Crippen MR) is 123 cm³/mol. The van der Waals surface area contributed by atoms with Crippen molar-refractivity contribution < 1.29 is 14.4 Å². The van der Waals surface area contributed by atoms with Gasteiger partial charge in [0.25, 0.3) is 5.91 Å². The number of rotatable bonds is 8. The van der Waals surface area contributed by atoms with E-state index >= 15 is 0 Å². The highest BCUT2D eigenvalue weighted by atomic mass is 19.1. The highest BCUT2D eigenvalue weighted by molar-refractivity contribution is 5.90. The minimum absolute atomic E-state index is 0.213. The summed E-state index contributed by atoms with van der Waals surface area (Å²) in [5.74, 6) is 0.0596. The lowest BCUT2D eigenvalue weighted by Crippen LogP contribution is -2.31. The molecule has 0 bridgehead atoms. The van der Waals surface area contributed by atoms with Gasteiger partial charge in [-0.05, 0) is 84.6 Å². The van der Waals surface area contributed by atoms with Gasteiger partial charge in [-0.2, -0.15) is 0 Å². The van der Waals surface area contributed by atoms with Crippen molar-refractivity contribution in [3.63, 3.8) is 0 Å². The van der Waals surface area contributed by atoms with Crippen LogP contribution in [0.2, 0.25) is 0 Å². The fourth-order valence-corrected chi connectivity index (χ4v) is 4.94. The number of halogens is 1. The van der Waals surface area contributed by atoms with Gasteiger partial charge in [0.15, 0.2) is 0 Å². The summed E-state index contributed by atoms with van der Waals surface area (Å²) in [5, 5.41) is 9.76. The molecule has 1 saturated carbocycles. The standard InChI is InChI=1S/C26H28FN3O2/c27-21-6-8-22-20(15-28-24(22)14-21)11-12-30(16-18-1-2-18)25-9-5-19-13-17(3-7-23(19)25)4-10-26(31)29-32/h3-4,6-8,10,13-15,18,25,28,32H,1-2,5,9,11-12,16H2,(H,29,31). The molecule has 2 aromatic carbocycles. The number of aromatic amines is 1. The molecule has 1 atom stereocenters. The van der Waals surface area contributed by atoms with Gasteiger partial charge in [-0.15, -0.1) is 0 Å². The van der Waals surface area contributed by atoms with Crippen molar-refractivity contribution in [3.8, 4) is 0 Å². The molecule has 1 unspecified atom stereocenters. The average molecular weight is 434 g/mol. The maximum Gasteiger partial charge on any atom is 0.267 e. The van der Waals surface area contributed by atoms with Gasteiger partial charge in [0.1, 0.15) is 5.82 Å². The lowest BCUT2D eigenvalue weighted by atomic mass is 10.0. The van der Waals surface area contributed by atoms with E-state index in [0.29, 0.717) is 6.04 Å². The van der Waals surface area contributed by atoms with Crippen molar-refractivity contribution in [1.82, 2.24) is 15.4 Å². The van der Waals surface area contributed by atoms with E-state index in [1.54, 1.807) is 17.6 Å². The molecule has 32 heavy (non-hydrogen) atoms. The van der Waals surface area contributed by atoms with Gasteiger partial charge in [-0.3, -0.25) is 14.9 Å². The van der Waals surface area contributed by atoms with Crippen LogP contribution in [0.25, 0.3) is 17.0 Å². The summed E-state index contributed by atoms with van der Waals surface area (Å²) in [6, 6.07) is 11.8. The lowest BCUT2D eigenvalue weighted by molar-refractivity contribution is -0.124. The van der Waals surface area contributed by atoms with Gasteiger partial charge < -0.3 is 4.98 Å². The number of fused-ring (bicyclic) bond motifs is 2. The Hall–Kier alpha value is -2.96. The molecule has 3 N–H and O–H groups in total. The van der Waals surface area contributed by atoms with Crippen molar-refractivity contribution in [3.05, 3.63) is 76.7 Å². The summed E-state index contributed by atoms with van der Waals surface area (Å²) >= 11 is 0. The summed E-state index contributed by atoms with van der Waals surface area (Å²) in [6.07, 6.45) is 10.8. The number of benzene rings is 2. The normalized spacial score (nSPS) is 18.0. The summed E-state index contributed by atoms with van der Waals surface area (Å²) in [6.45, 7) is 2.10. The van der Waals surface area contributed by atoms with Crippen LogP contribution in [0.15, 0.2) is 48.7 Å². The Kier molecular flexibility index (Phi) is 5.81. The van der Waals surface area contributed by atoms with Crippen LogP contribution < -0.4 is 5.48 Å². The zero-order valence-corrected chi connectivity index (χ0v) is 18.0. The number of carbonyl (C=O) groups excluding carboxylic acids is 1. The van der Waals surface area contributed by atoms with E-state index < -0.39 is 5.91 Å². The number of carbonyl (C=O) groups is 1. The largest absolute Gasteiger partial charge is 0.361 e. The van der Waals surface area contributed by atoms with Gasteiger partial charge in [0.05, 0.1) is 0 Å². The molecule has 0 radical (unpaired) electrons. The van der Waals surface area contributed by atoms with Crippen molar-refractivity contribution in [2.24, 2.45) is 5.92 Å². The number of hydroxylamine groups is 1. The highest BCUT2D eigenvalue weighted by Gasteiger charge is 2.32. The first-order valence-corrected chi connectivity index (χ1v) is 11.4. The van der Waals surface area contributed by atoms with Crippen LogP contribution >= 0.6 is 0 Å². The Morgan fingerprint density at radius 2 is 2.09 bits per heavy atom. The third kappa shape index (κ3) is 4.47. The molecule has 6 heteroatoms. The molecule has 2 aliphatic rings. The van der Waals surface area contributed by atoms with Crippen LogP contribution in [0.1, 0.15) is 47.6 Å². The first kappa shape index (κ1) is 20.9. The van der Waals surface area contributed by atoms with Gasteiger partial charge in [-0.25, -0.2) is 9.87 Å². The molecule has 166 valence electrons. The highest BCUT2D eigenvalue weighted by Crippen LogP contribution is 2.40. The third-order valence-electron chi connectivity index (χ3n) is 6.78. The quantitative estimate of drug-likeness (QED) is 0.272.